The molecule has 0 saturated carbocycles. The summed E-state index contributed by atoms with van der Waals surface area (Å²) in [5.41, 5.74) is 0.522. The summed E-state index contributed by atoms with van der Waals surface area (Å²) in [6.07, 6.45) is 0.101. The molecule has 0 bridgehead atoms. The van der Waals surface area contributed by atoms with Crippen LogP contribution in [0.15, 0.2) is 27.1 Å². The number of nitrogens with zero attached hydrogens (tertiary/aromatic N) is 1. The normalized spacial score (nSPS) is 11.3. The summed E-state index contributed by atoms with van der Waals surface area (Å²) in [4.78, 5) is 17.1. The maximum Gasteiger partial charge on any atom is 0.376 e. The molecule has 0 fully saturated rings. The van der Waals surface area contributed by atoms with E-state index in [-0.39, 0.29) is 11.9 Å². The van der Waals surface area contributed by atoms with Gasteiger partial charge in [-0.2, -0.15) is 0 Å². The lowest BCUT2D eigenvalue weighted by atomic mass is 10.2. The maximum absolute atomic E-state index is 11.9. The highest BCUT2D eigenvalue weighted by atomic mass is 79.9. The lowest BCUT2D eigenvalue weighted by Crippen LogP contribution is -2.05. The second kappa shape index (κ2) is 7.17. The summed E-state index contributed by atoms with van der Waals surface area (Å²) < 4.78 is 18.4. The van der Waals surface area contributed by atoms with Gasteiger partial charge < -0.3 is 13.9 Å². The Morgan fingerprint density at radius 3 is 2.80 bits per heavy atom. The van der Waals surface area contributed by atoms with Gasteiger partial charge in [-0.05, 0) is 67.2 Å². The number of aryl methyl sites for hydroxylation is 1. The Bertz CT molecular complexity index is 929. The Kier molecular flexibility index (Phi) is 5.15. The van der Waals surface area contributed by atoms with Crippen LogP contribution < -0.4 is 4.74 Å². The van der Waals surface area contributed by atoms with Crippen molar-refractivity contribution in [3.63, 3.8) is 0 Å². The van der Waals surface area contributed by atoms with E-state index in [1.807, 2.05) is 32.0 Å². The molecule has 0 aliphatic rings. The van der Waals surface area contributed by atoms with E-state index in [0.29, 0.717) is 18.2 Å². The molecule has 2 heterocycles. The zero-order valence-electron chi connectivity index (χ0n) is 14.4. The first-order valence-corrected chi connectivity index (χ1v) is 9.54. The molecule has 0 N–H and O–H groups in total. The second-order valence-corrected chi connectivity index (χ2v) is 7.66. The van der Waals surface area contributed by atoms with Crippen molar-refractivity contribution in [2.45, 2.75) is 33.8 Å². The maximum atomic E-state index is 11.9. The van der Waals surface area contributed by atoms with Crippen LogP contribution in [-0.4, -0.2) is 23.7 Å². The minimum Gasteiger partial charge on any atom is -0.491 e. The predicted octanol–water partition coefficient (Wildman–Crippen LogP) is 5.59. The van der Waals surface area contributed by atoms with E-state index >= 15 is 0 Å². The second-order valence-electron chi connectivity index (χ2n) is 5.75. The van der Waals surface area contributed by atoms with E-state index < -0.39 is 5.97 Å². The fourth-order valence-corrected chi connectivity index (χ4v) is 4.09. The van der Waals surface area contributed by atoms with Gasteiger partial charge in [-0.15, -0.1) is 11.3 Å². The highest BCUT2D eigenvalue weighted by Gasteiger charge is 2.21. The molecular weight excluding hydrogens is 406 g/mol. The monoisotopic (exact) mass is 423 g/mol. The third-order valence-corrected chi connectivity index (χ3v) is 5.44. The number of carbonyl (C=O) groups excluding carboxylic acids is 1. The van der Waals surface area contributed by atoms with Crippen molar-refractivity contribution in [3.8, 4) is 16.5 Å². The van der Waals surface area contributed by atoms with Crippen LogP contribution in [0.5, 0.6) is 5.75 Å². The number of esters is 1. The Morgan fingerprint density at radius 1 is 1.36 bits per heavy atom. The van der Waals surface area contributed by atoms with Crippen LogP contribution in [0.1, 0.15) is 37.0 Å². The summed E-state index contributed by atoms with van der Waals surface area (Å²) in [5.74, 6) is 0.875. The fourth-order valence-electron chi connectivity index (χ4n) is 2.42. The highest BCUT2D eigenvalue weighted by Crippen LogP contribution is 2.40. The largest absolute Gasteiger partial charge is 0.491 e. The van der Waals surface area contributed by atoms with Crippen molar-refractivity contribution in [2.75, 3.05) is 6.61 Å². The molecule has 0 aliphatic heterocycles. The predicted molar refractivity (Wildman–Crippen MR) is 101 cm³/mol. The van der Waals surface area contributed by atoms with E-state index in [2.05, 4.69) is 20.9 Å². The number of hydrogen-bond donors (Lipinski definition) is 0. The van der Waals surface area contributed by atoms with Gasteiger partial charge in [0.1, 0.15) is 5.75 Å². The van der Waals surface area contributed by atoms with Gasteiger partial charge in [0.25, 0.3) is 0 Å². The van der Waals surface area contributed by atoms with Gasteiger partial charge in [-0.1, -0.05) is 0 Å². The Hall–Kier alpha value is -1.86. The molecule has 3 rings (SSSR count). The standard InChI is InChI=1S/C18H18BrNO4S/c1-5-22-18(21)15-10(4)20-17(24-15)14-7-11-6-12(23-9(2)3)8-13(19)16(11)25-14/h6-9H,5H2,1-4H3. The molecule has 7 heteroatoms. The topological polar surface area (TPSA) is 61.6 Å². The Labute approximate surface area is 158 Å². The Morgan fingerprint density at radius 2 is 2.12 bits per heavy atom. The van der Waals surface area contributed by atoms with E-state index in [1.165, 1.54) is 0 Å². The van der Waals surface area contributed by atoms with Crippen molar-refractivity contribution in [1.29, 1.82) is 0 Å². The first-order chi connectivity index (χ1) is 11.9. The van der Waals surface area contributed by atoms with Crippen LogP contribution in [0.25, 0.3) is 20.9 Å². The van der Waals surface area contributed by atoms with E-state index in [0.717, 1.165) is 25.2 Å². The van der Waals surface area contributed by atoms with Gasteiger partial charge in [-0.3, -0.25) is 0 Å². The average Bonchev–Trinajstić information content (AvgIpc) is 3.10. The minimum atomic E-state index is -0.492. The molecule has 0 aliphatic carbocycles. The molecule has 0 atom stereocenters. The molecule has 2 aromatic heterocycles. The van der Waals surface area contributed by atoms with Gasteiger partial charge in [-0.25, -0.2) is 9.78 Å². The number of hydrogen-bond acceptors (Lipinski definition) is 6. The van der Waals surface area contributed by atoms with Crippen molar-refractivity contribution in [3.05, 3.63) is 34.1 Å². The molecule has 25 heavy (non-hydrogen) atoms. The van der Waals surface area contributed by atoms with Crippen molar-refractivity contribution < 1.29 is 18.7 Å². The third kappa shape index (κ3) is 3.72. The van der Waals surface area contributed by atoms with E-state index in [1.54, 1.807) is 25.2 Å². The number of carbonyl (C=O) groups is 1. The Balaban J connectivity index is 2.01. The summed E-state index contributed by atoms with van der Waals surface area (Å²) in [6, 6.07) is 5.92. The van der Waals surface area contributed by atoms with Gasteiger partial charge in [0.2, 0.25) is 11.7 Å². The lowest BCUT2D eigenvalue weighted by molar-refractivity contribution is 0.0490. The smallest absolute Gasteiger partial charge is 0.376 e. The summed E-state index contributed by atoms with van der Waals surface area (Å²) in [6.45, 7) is 7.76. The number of thiophene rings is 1. The van der Waals surface area contributed by atoms with Gasteiger partial charge in [0, 0.05) is 9.17 Å². The number of rotatable bonds is 5. The lowest BCUT2D eigenvalue weighted by Gasteiger charge is -2.10. The van der Waals surface area contributed by atoms with Crippen LogP contribution in [0, 0.1) is 6.92 Å². The number of oxazole rings is 1. The van der Waals surface area contributed by atoms with Crippen LogP contribution in [0.3, 0.4) is 0 Å². The zero-order valence-corrected chi connectivity index (χ0v) is 16.8. The molecule has 0 spiro atoms. The third-order valence-electron chi connectivity index (χ3n) is 3.38. The van der Waals surface area contributed by atoms with Crippen LogP contribution in [-0.2, 0) is 4.74 Å². The average molecular weight is 424 g/mol. The van der Waals surface area contributed by atoms with E-state index in [4.69, 9.17) is 13.9 Å². The molecule has 0 unspecified atom stereocenters. The van der Waals surface area contributed by atoms with Gasteiger partial charge in [0.15, 0.2) is 0 Å². The number of aromatic nitrogens is 1. The molecule has 5 nitrogen and oxygen atoms in total. The van der Waals surface area contributed by atoms with Crippen LogP contribution >= 0.6 is 27.3 Å². The summed E-state index contributed by atoms with van der Waals surface area (Å²) in [5, 5.41) is 1.03. The van der Waals surface area contributed by atoms with E-state index in [9.17, 15) is 4.79 Å². The van der Waals surface area contributed by atoms with Crippen molar-refractivity contribution in [1.82, 2.24) is 4.98 Å². The van der Waals surface area contributed by atoms with Gasteiger partial charge >= 0.3 is 5.97 Å². The number of ether oxygens (including phenoxy) is 2. The molecule has 132 valence electrons. The molecule has 0 amide bonds. The highest BCUT2D eigenvalue weighted by molar-refractivity contribution is 9.10. The van der Waals surface area contributed by atoms with Crippen LogP contribution in [0.4, 0.5) is 0 Å². The molecular formula is C18H18BrNO4S. The zero-order chi connectivity index (χ0) is 18.1. The number of benzene rings is 1. The SMILES string of the molecule is CCOC(=O)c1oc(-c2cc3cc(OC(C)C)cc(Br)c3s2)nc1C. The van der Waals surface area contributed by atoms with Crippen LogP contribution in [0.2, 0.25) is 0 Å². The molecule has 1 aromatic carbocycles. The summed E-state index contributed by atoms with van der Waals surface area (Å²) >= 11 is 5.13. The quantitative estimate of drug-likeness (QED) is 0.500. The van der Waals surface area contributed by atoms with Crippen molar-refractivity contribution >= 4 is 43.3 Å². The van der Waals surface area contributed by atoms with Crippen molar-refractivity contribution in [2.24, 2.45) is 0 Å². The molecule has 3 aromatic rings. The minimum absolute atomic E-state index is 0.101. The van der Waals surface area contributed by atoms with Gasteiger partial charge in [0.05, 0.1) is 23.3 Å². The molecule has 0 saturated heterocycles. The number of halogens is 1. The molecule has 0 radical (unpaired) electrons. The number of fused-ring (bicyclic) bond motifs is 1. The fraction of sp³-hybridized carbons (Fsp3) is 0.333. The first kappa shape index (κ1) is 17.9. The summed E-state index contributed by atoms with van der Waals surface area (Å²) in [7, 11) is 0. The first-order valence-electron chi connectivity index (χ1n) is 7.93.